The monoisotopic (exact) mass is 220 g/mol. The van der Waals surface area contributed by atoms with Gasteiger partial charge in [-0.25, -0.2) is 9.97 Å². The van der Waals surface area contributed by atoms with Crippen LogP contribution in [0.25, 0.3) is 0 Å². The highest BCUT2D eigenvalue weighted by Gasteiger charge is 2.11. The van der Waals surface area contributed by atoms with Gasteiger partial charge < -0.3 is 5.11 Å². The van der Waals surface area contributed by atoms with E-state index in [-0.39, 0.29) is 0 Å². The molecule has 0 fully saturated rings. The molecule has 0 radical (unpaired) electrons. The molecule has 0 saturated carbocycles. The largest absolute Gasteiger partial charge is 0.382 e. The summed E-state index contributed by atoms with van der Waals surface area (Å²) in [4.78, 5) is 7.77. The normalized spacial score (nSPS) is 12.4. The molecular formula is C11H9ClN2O. The van der Waals surface area contributed by atoms with Gasteiger partial charge in [0.05, 0.1) is 5.69 Å². The number of halogens is 1. The maximum atomic E-state index is 9.97. The second-order valence-electron chi connectivity index (χ2n) is 3.09. The van der Waals surface area contributed by atoms with Crippen molar-refractivity contribution in [3.8, 4) is 0 Å². The van der Waals surface area contributed by atoms with Crippen molar-refractivity contribution in [1.82, 2.24) is 9.97 Å². The average Bonchev–Trinajstić information content (AvgIpc) is 2.29. The number of aromatic nitrogens is 2. The highest BCUT2D eigenvalue weighted by molar-refractivity contribution is 6.30. The van der Waals surface area contributed by atoms with E-state index in [1.165, 1.54) is 6.33 Å². The SMILES string of the molecule is OC(c1cccc(Cl)c1)c1ccncn1. The summed E-state index contributed by atoms with van der Waals surface area (Å²) < 4.78 is 0. The summed E-state index contributed by atoms with van der Waals surface area (Å²) in [6, 6.07) is 8.75. The van der Waals surface area contributed by atoms with Crippen molar-refractivity contribution < 1.29 is 5.11 Å². The number of aliphatic hydroxyl groups excluding tert-OH is 1. The van der Waals surface area contributed by atoms with Crippen LogP contribution in [0.15, 0.2) is 42.9 Å². The first kappa shape index (κ1) is 10.1. The molecule has 2 aromatic rings. The van der Waals surface area contributed by atoms with E-state index in [9.17, 15) is 5.11 Å². The molecule has 1 atom stereocenters. The Labute approximate surface area is 92.4 Å². The third-order valence-electron chi connectivity index (χ3n) is 2.05. The number of nitrogens with zero attached hydrogens (tertiary/aromatic N) is 2. The Morgan fingerprint density at radius 2 is 2.13 bits per heavy atom. The number of aliphatic hydroxyl groups is 1. The molecule has 0 amide bonds. The van der Waals surface area contributed by atoms with Crippen molar-refractivity contribution >= 4 is 11.6 Å². The van der Waals surface area contributed by atoms with Crippen molar-refractivity contribution in [2.75, 3.05) is 0 Å². The summed E-state index contributed by atoms with van der Waals surface area (Å²) in [5.74, 6) is 0. The zero-order valence-electron chi connectivity index (χ0n) is 7.84. The molecule has 15 heavy (non-hydrogen) atoms. The molecule has 1 aromatic carbocycles. The Morgan fingerprint density at radius 1 is 1.27 bits per heavy atom. The fraction of sp³-hybridized carbons (Fsp3) is 0.0909. The van der Waals surface area contributed by atoms with E-state index in [1.54, 1.807) is 36.5 Å². The van der Waals surface area contributed by atoms with Crippen LogP contribution in [0.4, 0.5) is 0 Å². The lowest BCUT2D eigenvalue weighted by Gasteiger charge is -2.09. The Hall–Kier alpha value is -1.45. The maximum absolute atomic E-state index is 9.97. The summed E-state index contributed by atoms with van der Waals surface area (Å²) in [6.07, 6.45) is 2.24. The van der Waals surface area contributed by atoms with E-state index in [4.69, 9.17) is 11.6 Å². The van der Waals surface area contributed by atoms with Gasteiger partial charge in [0.15, 0.2) is 0 Å². The first-order valence-corrected chi connectivity index (χ1v) is 4.84. The Balaban J connectivity index is 2.32. The number of rotatable bonds is 2. The molecule has 0 spiro atoms. The minimum atomic E-state index is -0.758. The predicted molar refractivity (Wildman–Crippen MR) is 57.5 cm³/mol. The maximum Gasteiger partial charge on any atom is 0.121 e. The topological polar surface area (TPSA) is 46.0 Å². The molecule has 0 aliphatic heterocycles. The molecule has 0 aliphatic rings. The summed E-state index contributed by atoms with van der Waals surface area (Å²) in [5.41, 5.74) is 1.29. The van der Waals surface area contributed by atoms with E-state index in [0.717, 1.165) is 5.56 Å². The summed E-state index contributed by atoms with van der Waals surface area (Å²) in [6.45, 7) is 0. The highest BCUT2D eigenvalue weighted by Crippen LogP contribution is 2.22. The first-order valence-electron chi connectivity index (χ1n) is 4.47. The molecule has 3 nitrogen and oxygen atoms in total. The lowest BCUT2D eigenvalue weighted by molar-refractivity contribution is 0.215. The van der Waals surface area contributed by atoms with Gasteiger partial charge in [-0.3, -0.25) is 0 Å². The molecule has 1 heterocycles. The molecular weight excluding hydrogens is 212 g/mol. The molecule has 76 valence electrons. The van der Waals surface area contributed by atoms with Gasteiger partial charge >= 0.3 is 0 Å². The van der Waals surface area contributed by atoms with Crippen molar-refractivity contribution in [1.29, 1.82) is 0 Å². The van der Waals surface area contributed by atoms with Crippen LogP contribution in [-0.4, -0.2) is 15.1 Å². The molecule has 0 saturated heterocycles. The number of hydrogen-bond acceptors (Lipinski definition) is 3. The molecule has 1 unspecified atom stereocenters. The Bertz CT molecular complexity index is 447. The smallest absolute Gasteiger partial charge is 0.121 e. The zero-order chi connectivity index (χ0) is 10.7. The number of hydrogen-bond donors (Lipinski definition) is 1. The third kappa shape index (κ3) is 2.32. The second-order valence-corrected chi connectivity index (χ2v) is 3.53. The zero-order valence-corrected chi connectivity index (χ0v) is 8.59. The van der Waals surface area contributed by atoms with Gasteiger partial charge in [-0.15, -0.1) is 0 Å². The minimum absolute atomic E-state index is 0.562. The molecule has 0 bridgehead atoms. The molecule has 0 aliphatic carbocycles. The molecule has 4 heteroatoms. The van der Waals surface area contributed by atoms with Gasteiger partial charge in [0, 0.05) is 11.2 Å². The lowest BCUT2D eigenvalue weighted by atomic mass is 10.1. The standard InChI is InChI=1S/C11H9ClN2O/c12-9-3-1-2-8(6-9)11(15)10-4-5-13-7-14-10/h1-7,11,15H. The van der Waals surface area contributed by atoms with Crippen molar-refractivity contribution in [2.24, 2.45) is 0 Å². The summed E-state index contributed by atoms with van der Waals surface area (Å²) >= 11 is 5.83. The summed E-state index contributed by atoms with van der Waals surface area (Å²) in [5, 5.41) is 10.6. The van der Waals surface area contributed by atoms with Gasteiger partial charge in [-0.1, -0.05) is 23.7 Å². The van der Waals surface area contributed by atoms with Crippen LogP contribution in [0.1, 0.15) is 17.4 Å². The van der Waals surface area contributed by atoms with E-state index in [2.05, 4.69) is 9.97 Å². The lowest BCUT2D eigenvalue weighted by Crippen LogP contribution is -2.01. The minimum Gasteiger partial charge on any atom is -0.382 e. The third-order valence-corrected chi connectivity index (χ3v) is 2.28. The van der Waals surface area contributed by atoms with Crippen molar-refractivity contribution in [2.45, 2.75) is 6.10 Å². The van der Waals surface area contributed by atoms with E-state index in [1.807, 2.05) is 0 Å². The van der Waals surface area contributed by atoms with Gasteiger partial charge in [0.25, 0.3) is 0 Å². The van der Waals surface area contributed by atoms with Crippen LogP contribution < -0.4 is 0 Å². The van der Waals surface area contributed by atoms with E-state index in [0.29, 0.717) is 10.7 Å². The van der Waals surface area contributed by atoms with Crippen molar-refractivity contribution in [3.63, 3.8) is 0 Å². The van der Waals surface area contributed by atoms with Crippen LogP contribution in [0.2, 0.25) is 5.02 Å². The van der Waals surface area contributed by atoms with Gasteiger partial charge in [-0.05, 0) is 23.8 Å². The fourth-order valence-corrected chi connectivity index (χ4v) is 1.51. The first-order chi connectivity index (χ1) is 7.27. The van der Waals surface area contributed by atoms with Crippen LogP contribution in [-0.2, 0) is 0 Å². The second kappa shape index (κ2) is 4.38. The molecule has 2 rings (SSSR count). The predicted octanol–water partition coefficient (Wildman–Crippen LogP) is 2.21. The van der Waals surface area contributed by atoms with Crippen LogP contribution in [0, 0.1) is 0 Å². The van der Waals surface area contributed by atoms with Gasteiger partial charge in [-0.2, -0.15) is 0 Å². The van der Waals surface area contributed by atoms with E-state index < -0.39 is 6.10 Å². The quantitative estimate of drug-likeness (QED) is 0.844. The van der Waals surface area contributed by atoms with Crippen molar-refractivity contribution in [3.05, 3.63) is 59.1 Å². The fourth-order valence-electron chi connectivity index (χ4n) is 1.31. The van der Waals surface area contributed by atoms with E-state index >= 15 is 0 Å². The van der Waals surface area contributed by atoms with Crippen LogP contribution >= 0.6 is 11.6 Å². The highest BCUT2D eigenvalue weighted by atomic mass is 35.5. The van der Waals surface area contributed by atoms with Crippen LogP contribution in [0.3, 0.4) is 0 Å². The van der Waals surface area contributed by atoms with Gasteiger partial charge in [0.1, 0.15) is 12.4 Å². The average molecular weight is 221 g/mol. The molecule has 1 N–H and O–H groups in total. The Kier molecular flexibility index (Phi) is 2.94. The summed E-state index contributed by atoms with van der Waals surface area (Å²) in [7, 11) is 0. The van der Waals surface area contributed by atoms with Crippen LogP contribution in [0.5, 0.6) is 0 Å². The number of benzene rings is 1. The molecule has 1 aromatic heterocycles. The van der Waals surface area contributed by atoms with Gasteiger partial charge in [0.2, 0.25) is 0 Å². The Morgan fingerprint density at radius 3 is 2.80 bits per heavy atom.